The van der Waals surface area contributed by atoms with Crippen LogP contribution in [-0.4, -0.2) is 104 Å². The predicted octanol–water partition coefficient (Wildman–Crippen LogP) is 4.56. The van der Waals surface area contributed by atoms with Crippen LogP contribution in [0.15, 0.2) is 47.3 Å². The molecule has 12 nitrogen and oxygen atoms in total. The molecule has 0 spiro atoms. The van der Waals surface area contributed by atoms with Crippen LogP contribution in [0.5, 0.6) is 0 Å². The van der Waals surface area contributed by atoms with E-state index >= 15 is 8.78 Å². The summed E-state index contributed by atoms with van der Waals surface area (Å²) < 4.78 is 57.4. The fraction of sp³-hybridized carbons (Fsp3) is 0.400. The van der Waals surface area contributed by atoms with Crippen molar-refractivity contribution in [2.75, 3.05) is 79.5 Å². The van der Waals surface area contributed by atoms with E-state index in [9.17, 15) is 8.42 Å². The summed E-state index contributed by atoms with van der Waals surface area (Å²) >= 11 is 3.42. The Morgan fingerprint density at radius 2 is 1.61 bits per heavy atom. The first-order chi connectivity index (χ1) is 22.0. The molecule has 244 valence electrons. The molecule has 0 atom stereocenters. The van der Waals surface area contributed by atoms with Gasteiger partial charge < -0.3 is 20.4 Å². The lowest BCUT2D eigenvalue weighted by Gasteiger charge is -2.42. The van der Waals surface area contributed by atoms with Gasteiger partial charge in [0.1, 0.15) is 17.0 Å². The van der Waals surface area contributed by atoms with Crippen molar-refractivity contribution in [3.05, 3.63) is 59.0 Å². The number of piperidine rings is 1. The van der Waals surface area contributed by atoms with E-state index in [1.165, 1.54) is 31.7 Å². The fourth-order valence-corrected chi connectivity index (χ4v) is 6.72. The number of sulfonamides is 1. The monoisotopic (exact) mass is 716 g/mol. The third-order valence-corrected chi connectivity index (χ3v) is 10.3. The number of rotatable bonds is 8. The minimum Gasteiger partial charge on any atom is -0.369 e. The number of hydrogen-bond acceptors (Lipinski definition) is 11. The average Bonchev–Trinajstić information content (AvgIpc) is 3.04. The summed E-state index contributed by atoms with van der Waals surface area (Å²) in [4.78, 5) is 24.1. The average molecular weight is 718 g/mol. The molecule has 0 bridgehead atoms. The molecule has 4 aromatic rings. The molecule has 2 N–H and O–H groups in total. The van der Waals surface area contributed by atoms with Crippen LogP contribution in [0.2, 0.25) is 0 Å². The molecule has 4 heterocycles. The number of piperazine rings is 1. The first-order valence-corrected chi connectivity index (χ1v) is 17.5. The number of nitrogens with zero attached hydrogens (tertiary/aromatic N) is 8. The molecule has 2 aromatic carbocycles. The first kappa shape index (κ1) is 32.2. The van der Waals surface area contributed by atoms with E-state index < -0.39 is 21.7 Å². The molecule has 2 aliphatic rings. The van der Waals surface area contributed by atoms with Crippen molar-refractivity contribution in [3.63, 3.8) is 0 Å². The summed E-state index contributed by atoms with van der Waals surface area (Å²) in [5.74, 6) is -1.69. The van der Waals surface area contributed by atoms with Crippen LogP contribution in [-0.2, 0) is 10.0 Å². The minimum atomic E-state index is -3.67. The van der Waals surface area contributed by atoms with Crippen molar-refractivity contribution in [1.29, 1.82) is 0 Å². The zero-order valence-electron chi connectivity index (χ0n) is 25.7. The Hall–Kier alpha value is -3.73. The van der Waals surface area contributed by atoms with Gasteiger partial charge in [-0.2, -0.15) is 4.98 Å². The molecule has 0 aliphatic carbocycles. The van der Waals surface area contributed by atoms with Gasteiger partial charge in [-0.15, -0.1) is 0 Å². The van der Waals surface area contributed by atoms with Crippen LogP contribution in [0.1, 0.15) is 12.8 Å². The van der Waals surface area contributed by atoms with E-state index in [0.717, 1.165) is 49.6 Å². The zero-order valence-corrected chi connectivity index (χ0v) is 28.1. The molecule has 2 aromatic heterocycles. The van der Waals surface area contributed by atoms with E-state index in [4.69, 9.17) is 0 Å². The van der Waals surface area contributed by atoms with Gasteiger partial charge in [0.15, 0.2) is 11.6 Å². The second-order valence-electron chi connectivity index (χ2n) is 11.6. The molecule has 2 saturated heterocycles. The van der Waals surface area contributed by atoms with Crippen molar-refractivity contribution in [2.45, 2.75) is 18.9 Å². The Morgan fingerprint density at radius 3 is 2.33 bits per heavy atom. The lowest BCUT2D eigenvalue weighted by Crippen LogP contribution is -2.52. The smallest absolute Gasteiger partial charge is 0.232 e. The van der Waals surface area contributed by atoms with Crippen LogP contribution >= 0.6 is 15.9 Å². The second-order valence-corrected chi connectivity index (χ2v) is 14.4. The van der Waals surface area contributed by atoms with Gasteiger partial charge in [0.25, 0.3) is 0 Å². The number of nitrogens with one attached hydrogen (secondary N) is 2. The van der Waals surface area contributed by atoms with Gasteiger partial charge in [0.05, 0.1) is 33.3 Å². The zero-order chi connectivity index (χ0) is 32.6. The maximum atomic E-state index is 15.4. The molecule has 0 saturated carbocycles. The topological polar surface area (TPSA) is 123 Å². The molecular weight excluding hydrogens is 682 g/mol. The van der Waals surface area contributed by atoms with Crippen LogP contribution in [0.4, 0.5) is 43.3 Å². The SMILES string of the molecule is CN1CCN(C2CCN(c3ccc(Nc4ncc(Br)c(Nc5ccc6nccnc6c5N(C)S(C)(=O)=O)n4)c(F)c3F)CC2)CC1. The number of likely N-dealkylation sites (N-methyl/N-ethyl adjacent to an activating group) is 1. The highest BCUT2D eigenvalue weighted by Crippen LogP contribution is 2.37. The third-order valence-electron chi connectivity index (χ3n) is 8.59. The molecule has 6 rings (SSSR count). The van der Waals surface area contributed by atoms with Crippen LogP contribution in [0.25, 0.3) is 11.0 Å². The van der Waals surface area contributed by atoms with Gasteiger partial charge in [-0.05, 0) is 60.1 Å². The van der Waals surface area contributed by atoms with Crippen LogP contribution in [0, 0.1) is 11.6 Å². The number of anilines is 6. The van der Waals surface area contributed by atoms with Crippen molar-refractivity contribution >= 4 is 71.5 Å². The maximum Gasteiger partial charge on any atom is 0.232 e. The summed E-state index contributed by atoms with van der Waals surface area (Å²) in [6.45, 7) is 5.48. The van der Waals surface area contributed by atoms with Crippen molar-refractivity contribution < 1.29 is 17.2 Å². The van der Waals surface area contributed by atoms with Crippen LogP contribution in [0.3, 0.4) is 0 Å². The van der Waals surface area contributed by atoms with Gasteiger partial charge in [0, 0.05) is 70.9 Å². The molecular formula is C30H35BrF2N10O2S. The Balaban J connectivity index is 1.20. The largest absolute Gasteiger partial charge is 0.369 e. The number of fused-ring (bicyclic) bond motifs is 1. The van der Waals surface area contributed by atoms with Crippen LogP contribution < -0.4 is 19.8 Å². The normalized spacial score (nSPS) is 17.0. The molecule has 0 amide bonds. The number of halogens is 3. The van der Waals surface area contributed by atoms with Gasteiger partial charge in [-0.1, -0.05) is 0 Å². The molecule has 0 radical (unpaired) electrons. The Morgan fingerprint density at radius 1 is 0.913 bits per heavy atom. The van der Waals surface area contributed by atoms with E-state index in [1.807, 2.05) is 4.90 Å². The van der Waals surface area contributed by atoms with Gasteiger partial charge >= 0.3 is 0 Å². The van der Waals surface area contributed by atoms with Gasteiger partial charge in [0.2, 0.25) is 16.0 Å². The summed E-state index contributed by atoms with van der Waals surface area (Å²) in [5.41, 5.74) is 1.64. The van der Waals surface area contributed by atoms with E-state index in [-0.39, 0.29) is 28.8 Å². The predicted molar refractivity (Wildman–Crippen MR) is 180 cm³/mol. The Kier molecular flexibility index (Phi) is 9.23. The highest BCUT2D eigenvalue weighted by atomic mass is 79.9. The third kappa shape index (κ3) is 6.70. The molecule has 0 unspecified atom stereocenters. The number of hydrogen-bond donors (Lipinski definition) is 2. The van der Waals surface area contributed by atoms with E-state index in [1.54, 1.807) is 18.2 Å². The maximum absolute atomic E-state index is 15.4. The molecule has 2 fully saturated rings. The highest BCUT2D eigenvalue weighted by Gasteiger charge is 2.29. The number of benzene rings is 2. The summed E-state index contributed by atoms with van der Waals surface area (Å²) in [6.07, 6.45) is 7.34. The quantitative estimate of drug-likeness (QED) is 0.267. The lowest BCUT2D eigenvalue weighted by molar-refractivity contribution is 0.0981. The first-order valence-electron chi connectivity index (χ1n) is 14.9. The Bertz CT molecular complexity index is 1850. The van der Waals surface area contributed by atoms with Crippen molar-refractivity contribution in [1.82, 2.24) is 29.7 Å². The molecule has 46 heavy (non-hydrogen) atoms. The molecule has 2 aliphatic heterocycles. The summed E-state index contributed by atoms with van der Waals surface area (Å²) in [6, 6.07) is 6.89. The summed E-state index contributed by atoms with van der Waals surface area (Å²) in [5, 5.41) is 5.91. The second kappa shape index (κ2) is 13.2. The van der Waals surface area contributed by atoms with Gasteiger partial charge in [-0.3, -0.25) is 19.2 Å². The van der Waals surface area contributed by atoms with Gasteiger partial charge in [-0.25, -0.2) is 22.2 Å². The summed E-state index contributed by atoms with van der Waals surface area (Å²) in [7, 11) is -0.114. The van der Waals surface area contributed by atoms with E-state index in [2.05, 4.69) is 63.3 Å². The van der Waals surface area contributed by atoms with Crippen molar-refractivity contribution in [2.24, 2.45) is 0 Å². The highest BCUT2D eigenvalue weighted by molar-refractivity contribution is 9.10. The van der Waals surface area contributed by atoms with Crippen molar-refractivity contribution in [3.8, 4) is 0 Å². The minimum absolute atomic E-state index is 0.00309. The number of aromatic nitrogens is 4. The standard InChI is InChI=1S/C30H35BrF2N10O2S/c1-40-14-16-42(17-15-40)19-8-12-43(13-9-19)24-7-6-21(25(32)26(24)33)38-30-36-18-20(31)29(39-30)37-23-5-4-22-27(35-11-10-34-22)28(23)41(2)46(3,44)45/h4-7,10-11,18-19H,8-9,12-17H2,1-3H3,(H2,36,37,38,39). The Labute approximate surface area is 275 Å². The van der Waals surface area contributed by atoms with E-state index in [0.29, 0.717) is 40.3 Å². The molecule has 16 heteroatoms. The fourth-order valence-electron chi connectivity index (χ4n) is 5.91. The lowest BCUT2D eigenvalue weighted by atomic mass is 10.0.